The summed E-state index contributed by atoms with van der Waals surface area (Å²) in [5.41, 5.74) is 2.66. The number of aryl methyl sites for hydroxylation is 1. The van der Waals surface area contributed by atoms with Gasteiger partial charge in [-0.2, -0.15) is 13.2 Å². The quantitative estimate of drug-likeness (QED) is 0.711. The molecule has 7 heteroatoms. The first-order valence-corrected chi connectivity index (χ1v) is 7.54. The zero-order valence-electron chi connectivity index (χ0n) is 13.6. The molecule has 0 N–H and O–H groups in total. The lowest BCUT2D eigenvalue weighted by atomic mass is 10.1. The predicted molar refractivity (Wildman–Crippen MR) is 87.5 cm³/mol. The van der Waals surface area contributed by atoms with Gasteiger partial charge in [-0.3, -0.25) is 4.79 Å². The summed E-state index contributed by atoms with van der Waals surface area (Å²) in [6.45, 7) is 1.70. The van der Waals surface area contributed by atoms with Crippen molar-refractivity contribution in [1.29, 1.82) is 0 Å². The highest BCUT2D eigenvalue weighted by Crippen LogP contribution is 2.29. The van der Waals surface area contributed by atoms with Crippen molar-refractivity contribution in [1.82, 2.24) is 4.98 Å². The molecular weight excluding hydrogens is 333 g/mol. The molecule has 25 heavy (non-hydrogen) atoms. The van der Waals surface area contributed by atoms with Crippen LogP contribution in [-0.2, 0) is 11.2 Å². The number of carbonyl (C=O) groups excluding carboxylic acids is 1. The first-order chi connectivity index (χ1) is 11.8. The maximum absolute atomic E-state index is 12.6. The van der Waals surface area contributed by atoms with Crippen LogP contribution in [-0.4, -0.2) is 24.1 Å². The van der Waals surface area contributed by atoms with Crippen LogP contribution in [0.2, 0.25) is 0 Å². The van der Waals surface area contributed by atoms with Crippen molar-refractivity contribution in [2.75, 3.05) is 11.9 Å². The number of hydrogen-bond donors (Lipinski definition) is 0. The molecule has 0 saturated carbocycles. The van der Waals surface area contributed by atoms with E-state index in [1.807, 2.05) is 30.3 Å². The van der Waals surface area contributed by atoms with Gasteiger partial charge in [0.1, 0.15) is 5.52 Å². The Kier molecular flexibility index (Phi) is 4.24. The minimum atomic E-state index is -4.93. The number of alkyl halides is 3. The number of nitrogens with zero attached hydrogens (tertiary/aromatic N) is 2. The molecule has 0 fully saturated rings. The average molecular weight is 348 g/mol. The number of carbonyl (C=O) groups is 1. The van der Waals surface area contributed by atoms with E-state index in [4.69, 9.17) is 4.42 Å². The van der Waals surface area contributed by atoms with Crippen molar-refractivity contribution in [3.05, 3.63) is 59.5 Å². The Morgan fingerprint density at radius 3 is 2.52 bits per heavy atom. The summed E-state index contributed by atoms with van der Waals surface area (Å²) in [5.74, 6) is -1.47. The Labute approximate surface area is 141 Å². The standard InChI is InChI=1S/C18H15F3N2O2/c1-11-8-13(23(2)17(24)18(19,20)21)10-14-16(11)25-15(22-14)9-12-6-4-3-5-7-12/h3-8,10H,9H2,1-2H3. The van der Waals surface area contributed by atoms with Crippen molar-refractivity contribution in [2.45, 2.75) is 19.5 Å². The Morgan fingerprint density at radius 1 is 1.20 bits per heavy atom. The third-order valence-electron chi connectivity index (χ3n) is 3.84. The first kappa shape index (κ1) is 17.0. The van der Waals surface area contributed by atoms with Crippen molar-refractivity contribution >= 4 is 22.7 Å². The number of anilines is 1. The molecule has 0 saturated heterocycles. The molecule has 0 aliphatic heterocycles. The zero-order chi connectivity index (χ0) is 18.2. The van der Waals surface area contributed by atoms with Crippen LogP contribution in [0.5, 0.6) is 0 Å². The predicted octanol–water partition coefficient (Wildman–Crippen LogP) is 4.25. The van der Waals surface area contributed by atoms with Gasteiger partial charge in [0.15, 0.2) is 11.5 Å². The molecule has 3 rings (SSSR count). The molecular formula is C18H15F3N2O2. The van der Waals surface area contributed by atoms with Crippen LogP contribution in [0.3, 0.4) is 0 Å². The molecule has 3 aromatic rings. The number of aromatic nitrogens is 1. The van der Waals surface area contributed by atoms with Gasteiger partial charge in [-0.05, 0) is 30.2 Å². The van der Waals surface area contributed by atoms with Crippen molar-refractivity contribution in [2.24, 2.45) is 0 Å². The summed E-state index contributed by atoms with van der Waals surface area (Å²) < 4.78 is 43.6. The highest BCUT2D eigenvalue weighted by atomic mass is 19.4. The van der Waals surface area contributed by atoms with Crippen molar-refractivity contribution < 1.29 is 22.4 Å². The highest BCUT2D eigenvalue weighted by molar-refractivity contribution is 5.98. The van der Waals surface area contributed by atoms with E-state index < -0.39 is 12.1 Å². The van der Waals surface area contributed by atoms with E-state index in [0.717, 1.165) is 12.6 Å². The number of benzene rings is 2. The Morgan fingerprint density at radius 2 is 1.88 bits per heavy atom. The van der Waals surface area contributed by atoms with Gasteiger partial charge in [0, 0.05) is 19.2 Å². The van der Waals surface area contributed by atoms with Crippen LogP contribution >= 0.6 is 0 Å². The zero-order valence-corrected chi connectivity index (χ0v) is 13.6. The van der Waals surface area contributed by atoms with E-state index in [1.165, 1.54) is 12.1 Å². The maximum atomic E-state index is 12.6. The minimum absolute atomic E-state index is 0.117. The van der Waals surface area contributed by atoms with Gasteiger partial charge < -0.3 is 9.32 Å². The van der Waals surface area contributed by atoms with Gasteiger partial charge >= 0.3 is 12.1 Å². The monoisotopic (exact) mass is 348 g/mol. The summed E-state index contributed by atoms with van der Waals surface area (Å²) in [6, 6.07) is 12.5. The fourth-order valence-corrected chi connectivity index (χ4v) is 2.57. The fourth-order valence-electron chi connectivity index (χ4n) is 2.57. The Hall–Kier alpha value is -2.83. The molecule has 1 aromatic heterocycles. The lowest BCUT2D eigenvalue weighted by Gasteiger charge is -2.19. The number of rotatable bonds is 3. The first-order valence-electron chi connectivity index (χ1n) is 7.54. The Balaban J connectivity index is 1.95. The van der Waals surface area contributed by atoms with E-state index >= 15 is 0 Å². The number of amides is 1. The average Bonchev–Trinajstić information content (AvgIpc) is 2.96. The van der Waals surface area contributed by atoms with Gasteiger partial charge in [-0.1, -0.05) is 30.3 Å². The van der Waals surface area contributed by atoms with E-state index in [2.05, 4.69) is 4.98 Å². The van der Waals surface area contributed by atoms with E-state index in [-0.39, 0.29) is 5.69 Å². The molecule has 0 atom stereocenters. The SMILES string of the molecule is Cc1cc(N(C)C(=O)C(F)(F)F)cc2nc(Cc3ccccc3)oc12. The summed E-state index contributed by atoms with van der Waals surface area (Å²) in [4.78, 5) is 16.3. The minimum Gasteiger partial charge on any atom is -0.440 e. The Bertz CT molecular complexity index is 917. The highest BCUT2D eigenvalue weighted by Gasteiger charge is 2.41. The second-order valence-corrected chi connectivity index (χ2v) is 5.74. The van der Waals surface area contributed by atoms with E-state index in [9.17, 15) is 18.0 Å². The van der Waals surface area contributed by atoms with Gasteiger partial charge in [0.05, 0.1) is 0 Å². The molecule has 1 heterocycles. The smallest absolute Gasteiger partial charge is 0.440 e. The lowest BCUT2D eigenvalue weighted by Crippen LogP contribution is -2.38. The summed E-state index contributed by atoms with van der Waals surface area (Å²) in [5, 5.41) is 0. The van der Waals surface area contributed by atoms with E-state index in [0.29, 0.717) is 33.9 Å². The molecule has 1 amide bonds. The number of oxazole rings is 1. The van der Waals surface area contributed by atoms with E-state index in [1.54, 1.807) is 6.92 Å². The van der Waals surface area contributed by atoms with Crippen molar-refractivity contribution in [3.63, 3.8) is 0 Å². The van der Waals surface area contributed by atoms with Gasteiger partial charge in [0.2, 0.25) is 0 Å². The normalized spacial score (nSPS) is 11.7. The van der Waals surface area contributed by atoms with Gasteiger partial charge in [-0.25, -0.2) is 4.98 Å². The number of hydrogen-bond acceptors (Lipinski definition) is 3. The second kappa shape index (κ2) is 6.23. The third-order valence-corrected chi connectivity index (χ3v) is 3.84. The maximum Gasteiger partial charge on any atom is 0.471 e. The van der Waals surface area contributed by atoms with Gasteiger partial charge in [-0.15, -0.1) is 0 Å². The molecule has 0 bridgehead atoms. The molecule has 4 nitrogen and oxygen atoms in total. The molecule has 0 unspecified atom stereocenters. The van der Waals surface area contributed by atoms with Crippen LogP contribution in [0.25, 0.3) is 11.1 Å². The molecule has 2 aromatic carbocycles. The van der Waals surface area contributed by atoms with Crippen LogP contribution in [0.1, 0.15) is 17.0 Å². The molecule has 0 radical (unpaired) electrons. The van der Waals surface area contributed by atoms with Crippen LogP contribution in [0.4, 0.5) is 18.9 Å². The topological polar surface area (TPSA) is 46.3 Å². The number of fused-ring (bicyclic) bond motifs is 1. The summed E-state index contributed by atoms with van der Waals surface area (Å²) in [6.07, 6.45) is -4.46. The summed E-state index contributed by atoms with van der Waals surface area (Å²) in [7, 11) is 1.08. The number of halogens is 3. The second-order valence-electron chi connectivity index (χ2n) is 5.74. The van der Waals surface area contributed by atoms with Crippen LogP contribution in [0, 0.1) is 6.92 Å². The molecule has 130 valence electrons. The third kappa shape index (κ3) is 3.50. The van der Waals surface area contributed by atoms with Crippen LogP contribution in [0.15, 0.2) is 46.9 Å². The lowest BCUT2D eigenvalue weighted by molar-refractivity contribution is -0.170. The molecule has 0 aliphatic carbocycles. The molecule has 0 aliphatic rings. The van der Waals surface area contributed by atoms with Gasteiger partial charge in [0.25, 0.3) is 0 Å². The summed E-state index contributed by atoms with van der Waals surface area (Å²) >= 11 is 0. The largest absolute Gasteiger partial charge is 0.471 e. The fraction of sp³-hybridized carbons (Fsp3) is 0.222. The van der Waals surface area contributed by atoms with Crippen LogP contribution < -0.4 is 4.90 Å². The molecule has 0 spiro atoms. The van der Waals surface area contributed by atoms with Crippen molar-refractivity contribution in [3.8, 4) is 0 Å².